The van der Waals surface area contributed by atoms with Crippen LogP contribution in [0.2, 0.25) is 10.0 Å². The highest BCUT2D eigenvalue weighted by Crippen LogP contribution is 2.26. The highest BCUT2D eigenvalue weighted by molar-refractivity contribution is 7.15. The Balaban J connectivity index is 1.42. The van der Waals surface area contributed by atoms with Crippen LogP contribution in [-0.2, 0) is 6.42 Å². The number of rotatable bonds is 5. The highest BCUT2D eigenvalue weighted by atomic mass is 35.5. The number of carbonyl (C=O) groups is 1. The zero-order chi connectivity index (χ0) is 20.4. The maximum Gasteiger partial charge on any atom is 0.293 e. The number of hydrogen-bond acceptors (Lipinski definition) is 4. The lowest BCUT2D eigenvalue weighted by Crippen LogP contribution is -2.10. The second-order valence-electron chi connectivity index (χ2n) is 6.52. The van der Waals surface area contributed by atoms with Gasteiger partial charge in [-0.25, -0.2) is 4.98 Å². The lowest BCUT2D eigenvalue weighted by Gasteiger charge is -2.02. The highest BCUT2D eigenvalue weighted by Gasteiger charge is 2.14. The summed E-state index contributed by atoms with van der Waals surface area (Å²) in [5, 5.41) is 4.70. The molecule has 29 heavy (non-hydrogen) atoms. The fourth-order valence-corrected chi connectivity index (χ4v) is 3.95. The van der Waals surface area contributed by atoms with Gasteiger partial charge in [0, 0.05) is 33.1 Å². The van der Waals surface area contributed by atoms with Crippen molar-refractivity contribution in [2.45, 2.75) is 13.3 Å². The van der Waals surface area contributed by atoms with E-state index in [1.807, 2.05) is 37.3 Å². The molecule has 0 saturated heterocycles. The van der Waals surface area contributed by atoms with Crippen molar-refractivity contribution >= 4 is 45.6 Å². The molecular formula is C22H16Cl2N2O2S. The summed E-state index contributed by atoms with van der Waals surface area (Å²) in [7, 11) is 0. The quantitative estimate of drug-likeness (QED) is 0.367. The van der Waals surface area contributed by atoms with Crippen LogP contribution < -0.4 is 5.32 Å². The molecule has 0 unspecified atom stereocenters. The summed E-state index contributed by atoms with van der Waals surface area (Å²) in [6.45, 7) is 1.97. The molecule has 4 aromatic rings. The molecule has 1 amide bonds. The third-order valence-electron chi connectivity index (χ3n) is 4.35. The van der Waals surface area contributed by atoms with Gasteiger partial charge >= 0.3 is 0 Å². The zero-order valence-electron chi connectivity index (χ0n) is 15.4. The number of hydrogen-bond donors (Lipinski definition) is 1. The van der Waals surface area contributed by atoms with Gasteiger partial charge in [-0.2, -0.15) is 0 Å². The number of nitrogens with zero attached hydrogens (tertiary/aromatic N) is 1. The second-order valence-corrected chi connectivity index (χ2v) is 8.48. The number of halogens is 2. The van der Waals surface area contributed by atoms with Crippen molar-refractivity contribution in [3.63, 3.8) is 0 Å². The predicted octanol–water partition coefficient (Wildman–Crippen LogP) is 6.86. The van der Waals surface area contributed by atoms with E-state index in [4.69, 9.17) is 27.6 Å². The van der Waals surface area contributed by atoms with Crippen molar-refractivity contribution in [2.24, 2.45) is 0 Å². The molecule has 146 valence electrons. The molecule has 1 N–H and O–H groups in total. The molecule has 0 aliphatic carbocycles. The lowest BCUT2D eigenvalue weighted by molar-refractivity contribution is 0.0997. The number of carbonyl (C=O) groups excluding carboxylic acids is 1. The molecule has 2 heterocycles. The number of benzene rings is 2. The molecule has 0 saturated carbocycles. The third kappa shape index (κ3) is 4.70. The van der Waals surface area contributed by atoms with Crippen molar-refractivity contribution in [3.05, 3.63) is 92.6 Å². The van der Waals surface area contributed by atoms with Gasteiger partial charge in [0.25, 0.3) is 5.91 Å². The Morgan fingerprint density at radius 2 is 1.90 bits per heavy atom. The topological polar surface area (TPSA) is 55.1 Å². The van der Waals surface area contributed by atoms with E-state index >= 15 is 0 Å². The van der Waals surface area contributed by atoms with Gasteiger partial charge < -0.3 is 4.42 Å². The Hall–Kier alpha value is -2.60. The Bertz CT molecular complexity index is 1170. The Labute approximate surface area is 182 Å². The van der Waals surface area contributed by atoms with E-state index in [-0.39, 0.29) is 11.7 Å². The molecule has 2 aromatic carbocycles. The van der Waals surface area contributed by atoms with Crippen LogP contribution in [0.5, 0.6) is 0 Å². The smallest absolute Gasteiger partial charge is 0.293 e. The van der Waals surface area contributed by atoms with E-state index < -0.39 is 0 Å². The molecule has 4 nitrogen and oxygen atoms in total. The van der Waals surface area contributed by atoms with Crippen molar-refractivity contribution in [1.82, 2.24) is 4.98 Å². The van der Waals surface area contributed by atoms with Crippen LogP contribution in [-0.4, -0.2) is 10.9 Å². The van der Waals surface area contributed by atoms with E-state index in [0.717, 1.165) is 26.6 Å². The van der Waals surface area contributed by atoms with Crippen molar-refractivity contribution in [2.75, 3.05) is 5.32 Å². The number of amides is 1. The Morgan fingerprint density at radius 3 is 2.66 bits per heavy atom. The summed E-state index contributed by atoms with van der Waals surface area (Å²) in [6.07, 6.45) is 2.46. The average molecular weight is 443 g/mol. The first-order valence-corrected chi connectivity index (χ1v) is 10.4. The first-order chi connectivity index (χ1) is 14.0. The van der Waals surface area contributed by atoms with Gasteiger partial charge in [-0.15, -0.1) is 11.3 Å². The Morgan fingerprint density at radius 1 is 1.10 bits per heavy atom. The minimum Gasteiger partial charge on any atom is -0.451 e. The molecule has 0 bridgehead atoms. The van der Waals surface area contributed by atoms with Crippen molar-refractivity contribution < 1.29 is 9.21 Å². The average Bonchev–Trinajstić information content (AvgIpc) is 3.35. The summed E-state index contributed by atoms with van der Waals surface area (Å²) < 4.78 is 5.68. The van der Waals surface area contributed by atoms with Crippen LogP contribution in [0.4, 0.5) is 5.13 Å². The van der Waals surface area contributed by atoms with E-state index in [1.54, 1.807) is 30.5 Å². The van der Waals surface area contributed by atoms with E-state index in [2.05, 4.69) is 10.3 Å². The molecule has 0 spiro atoms. The summed E-state index contributed by atoms with van der Waals surface area (Å²) in [5.41, 5.74) is 2.99. The van der Waals surface area contributed by atoms with Gasteiger partial charge in [0.2, 0.25) is 0 Å². The SMILES string of the molecule is Cc1ccc(Cc2cnc(NC(=O)c3ccc(-c4ccc(Cl)cc4)o3)s2)cc1Cl. The van der Waals surface area contributed by atoms with Crippen LogP contribution >= 0.6 is 34.5 Å². The molecule has 7 heteroatoms. The van der Waals surface area contributed by atoms with Crippen LogP contribution in [0.25, 0.3) is 11.3 Å². The maximum atomic E-state index is 12.5. The van der Waals surface area contributed by atoms with Gasteiger partial charge in [-0.05, 0) is 60.5 Å². The molecule has 0 atom stereocenters. The Kier molecular flexibility index (Phi) is 5.72. The van der Waals surface area contributed by atoms with Crippen molar-refractivity contribution in [3.8, 4) is 11.3 Å². The third-order valence-corrected chi connectivity index (χ3v) is 5.92. The lowest BCUT2D eigenvalue weighted by atomic mass is 10.1. The fourth-order valence-electron chi connectivity index (χ4n) is 2.78. The van der Waals surface area contributed by atoms with E-state index in [1.165, 1.54) is 11.3 Å². The van der Waals surface area contributed by atoms with Gasteiger partial charge in [0.15, 0.2) is 10.9 Å². The number of thiazole rings is 1. The number of anilines is 1. The van der Waals surface area contributed by atoms with E-state index in [0.29, 0.717) is 22.3 Å². The minimum absolute atomic E-state index is 0.219. The second kappa shape index (κ2) is 8.41. The fraction of sp³-hybridized carbons (Fsp3) is 0.0909. The number of aromatic nitrogens is 1. The zero-order valence-corrected chi connectivity index (χ0v) is 17.7. The van der Waals surface area contributed by atoms with Gasteiger partial charge in [0.1, 0.15) is 5.76 Å². The summed E-state index contributed by atoms with van der Waals surface area (Å²) in [5.74, 6) is 0.476. The van der Waals surface area contributed by atoms with Crippen LogP contribution in [0.15, 0.2) is 65.2 Å². The summed E-state index contributed by atoms with van der Waals surface area (Å²) >= 11 is 13.5. The molecule has 4 rings (SSSR count). The predicted molar refractivity (Wildman–Crippen MR) is 118 cm³/mol. The minimum atomic E-state index is -0.343. The number of furan rings is 1. The first-order valence-electron chi connectivity index (χ1n) is 8.85. The normalized spacial score (nSPS) is 10.9. The maximum absolute atomic E-state index is 12.5. The molecule has 2 aromatic heterocycles. The molecule has 0 fully saturated rings. The van der Waals surface area contributed by atoms with Crippen LogP contribution in [0.3, 0.4) is 0 Å². The largest absolute Gasteiger partial charge is 0.451 e. The number of nitrogens with one attached hydrogen (secondary N) is 1. The van der Waals surface area contributed by atoms with Gasteiger partial charge in [0.05, 0.1) is 0 Å². The molecule has 0 aliphatic heterocycles. The molecule has 0 aliphatic rings. The van der Waals surface area contributed by atoms with E-state index in [9.17, 15) is 4.79 Å². The summed E-state index contributed by atoms with van der Waals surface area (Å²) in [6, 6.07) is 16.6. The van der Waals surface area contributed by atoms with Gasteiger partial charge in [-0.1, -0.05) is 35.3 Å². The van der Waals surface area contributed by atoms with Crippen molar-refractivity contribution in [1.29, 1.82) is 0 Å². The summed E-state index contributed by atoms with van der Waals surface area (Å²) in [4.78, 5) is 17.8. The first kappa shape index (κ1) is 19.7. The molecular weight excluding hydrogens is 427 g/mol. The monoisotopic (exact) mass is 442 g/mol. The standard InChI is InChI=1S/C22H16Cl2N2O2S/c1-13-2-3-14(11-18(13)24)10-17-12-25-22(29-17)26-21(27)20-9-8-19(28-20)15-4-6-16(23)7-5-15/h2-9,11-12H,10H2,1H3,(H,25,26,27). The van der Waals surface area contributed by atoms with Crippen LogP contribution in [0, 0.1) is 6.92 Å². The van der Waals surface area contributed by atoms with Gasteiger partial charge in [-0.3, -0.25) is 10.1 Å². The molecule has 0 radical (unpaired) electrons. The number of aryl methyl sites for hydroxylation is 1. The van der Waals surface area contributed by atoms with Crippen LogP contribution in [0.1, 0.15) is 26.6 Å².